The molecule has 4 nitrogen and oxygen atoms in total. The Morgan fingerprint density at radius 3 is 2.54 bits per heavy atom. The molecule has 1 rings (SSSR count). The molecule has 0 spiro atoms. The molecule has 0 fully saturated rings. The van der Waals surface area contributed by atoms with E-state index in [2.05, 4.69) is 16.6 Å². The van der Waals surface area contributed by atoms with E-state index in [1.807, 2.05) is 6.08 Å². The number of esters is 1. The third kappa shape index (κ3) is 7.29. The first-order chi connectivity index (χ1) is 12.3. The summed E-state index contributed by atoms with van der Waals surface area (Å²) in [6.45, 7) is 3.64. The Bertz CT molecular complexity index is 614. The Labute approximate surface area is 151 Å². The van der Waals surface area contributed by atoms with Gasteiger partial charge in [-0.15, -0.1) is 6.58 Å². The largest absolute Gasteiger partial charge is 0.467 e. The van der Waals surface area contributed by atoms with Crippen LogP contribution >= 0.6 is 0 Å². The van der Waals surface area contributed by atoms with Gasteiger partial charge >= 0.3 is 12.1 Å². The first-order valence-electron chi connectivity index (χ1n) is 8.46. The normalized spacial score (nSPS) is 12.3. The topological polar surface area (TPSA) is 55.4 Å². The first-order valence-corrected chi connectivity index (χ1v) is 8.46. The van der Waals surface area contributed by atoms with Crippen LogP contribution in [0.1, 0.15) is 54.4 Å². The van der Waals surface area contributed by atoms with Crippen molar-refractivity contribution < 1.29 is 27.5 Å². The number of nitrogens with one attached hydrogen (secondary N) is 1. The Balaban J connectivity index is 2.68. The fraction of sp³-hybridized carbons (Fsp3) is 0.474. The number of methoxy groups -OCH3 is 1. The maximum absolute atomic E-state index is 12.8. The highest BCUT2D eigenvalue weighted by molar-refractivity contribution is 5.96. The number of benzene rings is 1. The molecule has 1 aromatic rings. The second-order valence-electron chi connectivity index (χ2n) is 5.91. The number of allylic oxidation sites excluding steroid dienone is 1. The number of carbonyl (C=O) groups excluding carboxylic acids is 2. The molecule has 1 N–H and O–H groups in total. The minimum atomic E-state index is -4.54. The zero-order valence-corrected chi connectivity index (χ0v) is 14.8. The van der Waals surface area contributed by atoms with E-state index in [0.717, 1.165) is 43.9 Å². The molecular formula is C19H24F3NO3. The molecule has 7 heteroatoms. The molecule has 0 unspecified atom stereocenters. The first kappa shape index (κ1) is 21.7. The lowest BCUT2D eigenvalue weighted by atomic mass is 10.0. The summed E-state index contributed by atoms with van der Waals surface area (Å²) in [5, 5.41) is 2.47. The molecule has 0 saturated heterocycles. The Morgan fingerprint density at radius 1 is 1.23 bits per heavy atom. The van der Waals surface area contributed by atoms with Crippen molar-refractivity contribution in [2.75, 3.05) is 7.11 Å². The number of hydrogen-bond donors (Lipinski definition) is 1. The number of alkyl halides is 3. The van der Waals surface area contributed by atoms with Crippen molar-refractivity contribution in [2.24, 2.45) is 0 Å². The van der Waals surface area contributed by atoms with Crippen LogP contribution in [0.25, 0.3) is 0 Å². The van der Waals surface area contributed by atoms with E-state index in [1.165, 1.54) is 13.2 Å². The number of rotatable bonds is 10. The summed E-state index contributed by atoms with van der Waals surface area (Å²) in [4.78, 5) is 24.1. The summed E-state index contributed by atoms with van der Waals surface area (Å²) in [6.07, 6.45) is 2.14. The van der Waals surface area contributed by atoms with Gasteiger partial charge in [-0.1, -0.05) is 31.4 Å². The molecule has 0 bridgehead atoms. The van der Waals surface area contributed by atoms with Gasteiger partial charge < -0.3 is 10.1 Å². The average Bonchev–Trinajstić information content (AvgIpc) is 2.62. The van der Waals surface area contributed by atoms with E-state index >= 15 is 0 Å². The fourth-order valence-electron chi connectivity index (χ4n) is 2.46. The predicted molar refractivity (Wildman–Crippen MR) is 92.6 cm³/mol. The summed E-state index contributed by atoms with van der Waals surface area (Å²) in [7, 11) is 1.20. The van der Waals surface area contributed by atoms with Gasteiger partial charge in [-0.2, -0.15) is 13.2 Å². The zero-order chi connectivity index (χ0) is 19.6. The molecule has 26 heavy (non-hydrogen) atoms. The molecular weight excluding hydrogens is 347 g/mol. The molecule has 0 aliphatic carbocycles. The van der Waals surface area contributed by atoms with E-state index in [1.54, 1.807) is 0 Å². The molecule has 1 atom stereocenters. The molecule has 0 aliphatic rings. The van der Waals surface area contributed by atoms with Crippen molar-refractivity contribution in [1.29, 1.82) is 0 Å². The van der Waals surface area contributed by atoms with Crippen molar-refractivity contribution in [2.45, 2.75) is 50.7 Å². The van der Waals surface area contributed by atoms with Gasteiger partial charge in [0.1, 0.15) is 6.04 Å². The van der Waals surface area contributed by atoms with Crippen molar-refractivity contribution in [3.63, 3.8) is 0 Å². The van der Waals surface area contributed by atoms with Gasteiger partial charge in [-0.05, 0) is 37.5 Å². The highest BCUT2D eigenvalue weighted by Crippen LogP contribution is 2.29. The van der Waals surface area contributed by atoms with Gasteiger partial charge in [0, 0.05) is 5.56 Å². The number of amides is 1. The van der Waals surface area contributed by atoms with Crippen LogP contribution in [0.2, 0.25) is 0 Å². The Hall–Kier alpha value is -2.31. The van der Waals surface area contributed by atoms with Gasteiger partial charge in [0.25, 0.3) is 5.91 Å². The lowest BCUT2D eigenvalue weighted by molar-refractivity contribution is -0.143. The van der Waals surface area contributed by atoms with E-state index in [4.69, 9.17) is 0 Å². The van der Waals surface area contributed by atoms with Crippen LogP contribution < -0.4 is 5.32 Å². The van der Waals surface area contributed by atoms with E-state index in [-0.39, 0.29) is 5.56 Å². The molecule has 144 valence electrons. The molecule has 0 radical (unpaired) electrons. The second kappa shape index (κ2) is 10.6. The zero-order valence-electron chi connectivity index (χ0n) is 14.8. The minimum Gasteiger partial charge on any atom is -0.467 e. The third-order valence-electron chi connectivity index (χ3n) is 3.89. The molecule has 0 aliphatic heterocycles. The predicted octanol–water partition coefficient (Wildman–Crippen LogP) is 4.50. The van der Waals surface area contributed by atoms with Crippen LogP contribution in [0.3, 0.4) is 0 Å². The van der Waals surface area contributed by atoms with Crippen molar-refractivity contribution in [3.8, 4) is 0 Å². The fourth-order valence-corrected chi connectivity index (χ4v) is 2.46. The molecule has 1 aromatic carbocycles. The van der Waals surface area contributed by atoms with E-state index < -0.39 is 29.7 Å². The van der Waals surface area contributed by atoms with Crippen molar-refractivity contribution in [3.05, 3.63) is 48.0 Å². The molecule has 1 amide bonds. The lowest BCUT2D eigenvalue weighted by Crippen LogP contribution is -2.41. The summed E-state index contributed by atoms with van der Waals surface area (Å²) in [6, 6.07) is 3.19. The highest BCUT2D eigenvalue weighted by atomic mass is 19.4. The summed E-state index contributed by atoms with van der Waals surface area (Å²) in [5.74, 6) is -1.35. The standard InChI is InChI=1S/C19H24F3NO3/c1-3-4-5-6-7-8-12-16(18(25)26-2)23-17(24)14-10-9-11-15(13-14)19(20,21)22/h3,9-11,13,16H,1,4-8,12H2,2H3,(H,23,24)/t16-/m0/s1. The van der Waals surface area contributed by atoms with Crippen molar-refractivity contribution >= 4 is 11.9 Å². The van der Waals surface area contributed by atoms with Crippen LogP contribution in [0.5, 0.6) is 0 Å². The van der Waals surface area contributed by atoms with Gasteiger partial charge in [0.15, 0.2) is 0 Å². The maximum Gasteiger partial charge on any atom is 0.416 e. The average molecular weight is 371 g/mol. The van der Waals surface area contributed by atoms with E-state index in [9.17, 15) is 22.8 Å². The second-order valence-corrected chi connectivity index (χ2v) is 5.91. The van der Waals surface area contributed by atoms with Gasteiger partial charge in [-0.3, -0.25) is 4.79 Å². The number of unbranched alkanes of at least 4 members (excludes halogenated alkanes) is 4. The summed E-state index contributed by atoms with van der Waals surface area (Å²) >= 11 is 0. The number of ether oxygens (including phenoxy) is 1. The monoisotopic (exact) mass is 371 g/mol. The lowest BCUT2D eigenvalue weighted by Gasteiger charge is -2.17. The highest BCUT2D eigenvalue weighted by Gasteiger charge is 2.31. The van der Waals surface area contributed by atoms with Crippen LogP contribution in [0.15, 0.2) is 36.9 Å². The third-order valence-corrected chi connectivity index (χ3v) is 3.89. The molecule has 0 saturated carbocycles. The maximum atomic E-state index is 12.8. The summed E-state index contributed by atoms with van der Waals surface area (Å²) < 4.78 is 43.0. The van der Waals surface area contributed by atoms with Crippen LogP contribution in [0, 0.1) is 0 Å². The Kier molecular flexibility index (Phi) is 8.88. The van der Waals surface area contributed by atoms with Crippen LogP contribution in [-0.2, 0) is 15.7 Å². The van der Waals surface area contributed by atoms with Crippen molar-refractivity contribution in [1.82, 2.24) is 5.32 Å². The number of hydrogen-bond acceptors (Lipinski definition) is 3. The number of halogens is 3. The van der Waals surface area contributed by atoms with Crippen LogP contribution in [0.4, 0.5) is 13.2 Å². The SMILES string of the molecule is C=CCCCCCC[C@H](NC(=O)c1cccc(C(F)(F)F)c1)C(=O)OC. The quantitative estimate of drug-likeness (QED) is 0.374. The van der Waals surface area contributed by atoms with E-state index in [0.29, 0.717) is 12.8 Å². The van der Waals surface area contributed by atoms with Crippen LogP contribution in [-0.4, -0.2) is 25.0 Å². The number of carbonyl (C=O) groups is 2. The summed E-state index contributed by atoms with van der Waals surface area (Å²) in [5.41, 5.74) is -1.07. The van der Waals surface area contributed by atoms with Gasteiger partial charge in [-0.25, -0.2) is 4.79 Å². The molecule has 0 aromatic heterocycles. The van der Waals surface area contributed by atoms with Gasteiger partial charge in [0.2, 0.25) is 0 Å². The van der Waals surface area contributed by atoms with Gasteiger partial charge in [0.05, 0.1) is 12.7 Å². The Morgan fingerprint density at radius 2 is 1.92 bits per heavy atom. The molecule has 0 heterocycles. The smallest absolute Gasteiger partial charge is 0.416 e. The minimum absolute atomic E-state index is 0.153.